The van der Waals surface area contributed by atoms with Crippen molar-refractivity contribution in [2.45, 2.75) is 31.7 Å². The molecule has 0 saturated carbocycles. The van der Waals surface area contributed by atoms with Gasteiger partial charge in [0.25, 0.3) is 12.3 Å². The van der Waals surface area contributed by atoms with Gasteiger partial charge in [-0.25, -0.2) is 18.3 Å². The monoisotopic (exact) mass is 433 g/mol. The topological polar surface area (TPSA) is 63.4 Å². The number of benzene rings is 1. The highest BCUT2D eigenvalue weighted by molar-refractivity contribution is 6.00. The van der Waals surface area contributed by atoms with Crippen molar-refractivity contribution < 1.29 is 13.6 Å². The van der Waals surface area contributed by atoms with Crippen LogP contribution in [0, 0.1) is 0 Å². The summed E-state index contributed by atoms with van der Waals surface area (Å²) in [5, 5.41) is 4.10. The minimum absolute atomic E-state index is 0.119. The third-order valence-electron chi connectivity index (χ3n) is 5.86. The van der Waals surface area contributed by atoms with E-state index in [4.69, 9.17) is 0 Å². The van der Waals surface area contributed by atoms with Gasteiger partial charge < -0.3 is 4.90 Å². The molecule has 0 bridgehead atoms. The molecule has 1 amide bonds. The maximum atomic E-state index is 13.9. The van der Waals surface area contributed by atoms with Gasteiger partial charge in [-0.15, -0.1) is 0 Å². The largest absolute Gasteiger partial charge is 0.331 e. The molecule has 1 saturated heterocycles. The lowest BCUT2D eigenvalue weighted by Crippen LogP contribution is -2.38. The van der Waals surface area contributed by atoms with E-state index in [1.54, 1.807) is 29.4 Å². The van der Waals surface area contributed by atoms with Crippen LogP contribution in [0.15, 0.2) is 67.1 Å². The molecule has 1 fully saturated rings. The average molecular weight is 433 g/mol. The van der Waals surface area contributed by atoms with Gasteiger partial charge in [0.1, 0.15) is 11.3 Å². The van der Waals surface area contributed by atoms with Gasteiger partial charge in [0, 0.05) is 24.5 Å². The lowest BCUT2D eigenvalue weighted by atomic mass is 9.95. The van der Waals surface area contributed by atoms with Crippen LogP contribution in [0.1, 0.15) is 53.3 Å². The number of likely N-dealkylation sites (tertiary alicyclic amines) is 1. The van der Waals surface area contributed by atoms with Crippen molar-refractivity contribution in [2.24, 2.45) is 0 Å². The van der Waals surface area contributed by atoms with Gasteiger partial charge in [-0.3, -0.25) is 9.78 Å². The van der Waals surface area contributed by atoms with E-state index in [0.717, 1.165) is 29.3 Å². The molecular formula is C24H21F2N5O. The zero-order chi connectivity index (χ0) is 22.1. The molecule has 0 aliphatic carbocycles. The SMILES string of the molecule is O=C(c1cnn2c(C(F)F)cc(-c3ccccc3)nc12)N1CCCC[C@@H]1c1cccnc1. The van der Waals surface area contributed by atoms with Gasteiger partial charge in [0.15, 0.2) is 5.65 Å². The number of alkyl halides is 2. The first kappa shape index (κ1) is 20.2. The maximum Gasteiger partial charge on any atom is 0.280 e. The highest BCUT2D eigenvalue weighted by Gasteiger charge is 2.31. The predicted molar refractivity (Wildman–Crippen MR) is 115 cm³/mol. The number of hydrogen-bond donors (Lipinski definition) is 0. The molecule has 4 heterocycles. The molecular weight excluding hydrogens is 412 g/mol. The molecule has 0 radical (unpaired) electrons. The minimum atomic E-state index is -2.76. The van der Waals surface area contributed by atoms with E-state index in [1.165, 1.54) is 12.3 Å². The molecule has 8 heteroatoms. The van der Waals surface area contributed by atoms with E-state index in [1.807, 2.05) is 30.3 Å². The number of fused-ring (bicyclic) bond motifs is 1. The smallest absolute Gasteiger partial charge is 0.280 e. The van der Waals surface area contributed by atoms with Crippen LogP contribution in [-0.2, 0) is 0 Å². The first-order valence-electron chi connectivity index (χ1n) is 10.6. The molecule has 0 N–H and O–H groups in total. The number of amides is 1. The van der Waals surface area contributed by atoms with Crippen molar-refractivity contribution >= 4 is 11.6 Å². The van der Waals surface area contributed by atoms with Crippen LogP contribution in [0.25, 0.3) is 16.9 Å². The quantitative estimate of drug-likeness (QED) is 0.449. The number of carbonyl (C=O) groups is 1. The van der Waals surface area contributed by atoms with Crippen molar-refractivity contribution in [2.75, 3.05) is 6.54 Å². The Labute approximate surface area is 183 Å². The Kier molecular flexibility index (Phi) is 5.34. The number of aromatic nitrogens is 4. The highest BCUT2D eigenvalue weighted by atomic mass is 19.3. The number of rotatable bonds is 4. The molecule has 4 aromatic rings. The van der Waals surface area contributed by atoms with E-state index < -0.39 is 6.43 Å². The van der Waals surface area contributed by atoms with Crippen LogP contribution >= 0.6 is 0 Å². The molecule has 162 valence electrons. The van der Waals surface area contributed by atoms with Crippen molar-refractivity contribution in [3.63, 3.8) is 0 Å². The fraction of sp³-hybridized carbons (Fsp3) is 0.250. The Morgan fingerprint density at radius 2 is 1.91 bits per heavy atom. The van der Waals surface area contributed by atoms with Crippen LogP contribution in [0.3, 0.4) is 0 Å². The van der Waals surface area contributed by atoms with Crippen molar-refractivity contribution in [3.8, 4) is 11.3 Å². The molecule has 1 aliphatic rings. The normalized spacial score (nSPS) is 16.6. The van der Waals surface area contributed by atoms with Crippen molar-refractivity contribution in [3.05, 3.63) is 83.9 Å². The van der Waals surface area contributed by atoms with Gasteiger partial charge in [-0.2, -0.15) is 5.10 Å². The third-order valence-corrected chi connectivity index (χ3v) is 5.86. The Morgan fingerprint density at radius 3 is 2.66 bits per heavy atom. The van der Waals surface area contributed by atoms with Gasteiger partial charge in [0.2, 0.25) is 0 Å². The van der Waals surface area contributed by atoms with Gasteiger partial charge in [0.05, 0.1) is 17.9 Å². The number of halogens is 2. The molecule has 5 rings (SSSR count). The Bertz CT molecular complexity index is 1240. The molecule has 1 aromatic carbocycles. The summed E-state index contributed by atoms with van der Waals surface area (Å²) in [5.41, 5.74) is 2.11. The minimum Gasteiger partial charge on any atom is -0.331 e. The number of hydrogen-bond acceptors (Lipinski definition) is 4. The second-order valence-electron chi connectivity index (χ2n) is 7.82. The fourth-order valence-corrected chi connectivity index (χ4v) is 4.30. The van der Waals surface area contributed by atoms with Crippen LogP contribution in [0.5, 0.6) is 0 Å². The van der Waals surface area contributed by atoms with E-state index in [2.05, 4.69) is 15.1 Å². The highest BCUT2D eigenvalue weighted by Crippen LogP contribution is 2.33. The number of carbonyl (C=O) groups excluding carboxylic acids is 1. The second-order valence-corrected chi connectivity index (χ2v) is 7.82. The predicted octanol–water partition coefficient (Wildman–Crippen LogP) is 5.10. The van der Waals surface area contributed by atoms with Crippen LogP contribution in [-0.4, -0.2) is 36.9 Å². The summed E-state index contributed by atoms with van der Waals surface area (Å²) >= 11 is 0. The number of nitrogens with zero attached hydrogens (tertiary/aromatic N) is 5. The summed E-state index contributed by atoms with van der Waals surface area (Å²) in [6, 6.07) is 14.1. The molecule has 6 nitrogen and oxygen atoms in total. The Hall–Kier alpha value is -3.68. The summed E-state index contributed by atoms with van der Waals surface area (Å²) in [6.07, 6.45) is 4.76. The fourth-order valence-electron chi connectivity index (χ4n) is 4.30. The molecule has 3 aromatic heterocycles. The summed E-state index contributed by atoms with van der Waals surface area (Å²) < 4.78 is 28.8. The lowest BCUT2D eigenvalue weighted by Gasteiger charge is -2.35. The van der Waals surface area contributed by atoms with E-state index in [-0.39, 0.29) is 28.9 Å². The lowest BCUT2D eigenvalue weighted by molar-refractivity contribution is 0.0613. The van der Waals surface area contributed by atoms with Crippen LogP contribution < -0.4 is 0 Å². The Balaban J connectivity index is 1.60. The van der Waals surface area contributed by atoms with Crippen molar-refractivity contribution in [1.29, 1.82) is 0 Å². The first-order chi connectivity index (χ1) is 15.6. The van der Waals surface area contributed by atoms with E-state index >= 15 is 0 Å². The molecule has 1 aliphatic heterocycles. The first-order valence-corrected chi connectivity index (χ1v) is 10.6. The number of piperidine rings is 1. The van der Waals surface area contributed by atoms with Gasteiger partial charge in [-0.1, -0.05) is 36.4 Å². The molecule has 0 unspecified atom stereocenters. The van der Waals surface area contributed by atoms with Crippen LogP contribution in [0.2, 0.25) is 0 Å². The standard InChI is InChI=1S/C24H21F2N5O/c25-22(26)21-13-19(16-7-2-1-3-8-16)29-23-18(15-28-31(21)23)24(32)30-12-5-4-10-20(30)17-9-6-11-27-14-17/h1-3,6-9,11,13-15,20,22H,4-5,10,12H2/t20-/m1/s1. The van der Waals surface area contributed by atoms with Crippen LogP contribution in [0.4, 0.5) is 8.78 Å². The average Bonchev–Trinajstić information content (AvgIpc) is 3.28. The summed E-state index contributed by atoms with van der Waals surface area (Å²) in [4.78, 5) is 24.2. The zero-order valence-corrected chi connectivity index (χ0v) is 17.2. The van der Waals surface area contributed by atoms with Gasteiger partial charge >= 0.3 is 0 Å². The zero-order valence-electron chi connectivity index (χ0n) is 17.2. The second kappa shape index (κ2) is 8.45. The summed E-state index contributed by atoms with van der Waals surface area (Å²) in [7, 11) is 0. The van der Waals surface area contributed by atoms with E-state index in [9.17, 15) is 13.6 Å². The Morgan fingerprint density at radius 1 is 1.06 bits per heavy atom. The number of pyridine rings is 1. The molecule has 0 spiro atoms. The summed E-state index contributed by atoms with van der Waals surface area (Å²) in [5.74, 6) is -0.258. The molecule has 32 heavy (non-hydrogen) atoms. The molecule has 1 atom stereocenters. The van der Waals surface area contributed by atoms with Gasteiger partial charge in [-0.05, 0) is 37.0 Å². The third kappa shape index (κ3) is 3.62. The van der Waals surface area contributed by atoms with E-state index in [0.29, 0.717) is 17.8 Å². The summed E-state index contributed by atoms with van der Waals surface area (Å²) in [6.45, 7) is 0.579. The van der Waals surface area contributed by atoms with Crippen molar-refractivity contribution in [1.82, 2.24) is 24.5 Å². The maximum absolute atomic E-state index is 13.9.